The number of allylic oxidation sites excluding steroid dienone is 1. The highest BCUT2D eigenvalue weighted by Crippen LogP contribution is 2.33. The van der Waals surface area contributed by atoms with Crippen LogP contribution < -0.4 is 5.69 Å². The van der Waals surface area contributed by atoms with E-state index in [0.29, 0.717) is 6.04 Å². The zero-order valence-electron chi connectivity index (χ0n) is 7.65. The summed E-state index contributed by atoms with van der Waals surface area (Å²) in [5.74, 6) is 0. The van der Waals surface area contributed by atoms with Crippen molar-refractivity contribution in [1.82, 2.24) is 9.13 Å². The van der Waals surface area contributed by atoms with E-state index in [1.807, 2.05) is 23.0 Å². The van der Waals surface area contributed by atoms with E-state index in [0.717, 1.165) is 25.8 Å². The summed E-state index contributed by atoms with van der Waals surface area (Å²) in [5, 5.41) is 0. The highest BCUT2D eigenvalue weighted by atomic mass is 16.1. The van der Waals surface area contributed by atoms with Gasteiger partial charge in [0, 0.05) is 25.0 Å². The van der Waals surface area contributed by atoms with E-state index >= 15 is 0 Å². The summed E-state index contributed by atoms with van der Waals surface area (Å²) in [7, 11) is 0. The molecule has 13 heavy (non-hydrogen) atoms. The Morgan fingerprint density at radius 3 is 2.92 bits per heavy atom. The summed E-state index contributed by atoms with van der Waals surface area (Å²) in [6, 6.07) is 0.484. The van der Waals surface area contributed by atoms with Crippen LogP contribution in [0.5, 0.6) is 0 Å². The Balaban J connectivity index is 2.17. The SMILES string of the molecule is C=CCCn1ccn(C2CC2)c1=O. The molecule has 0 amide bonds. The molecular weight excluding hydrogens is 164 g/mol. The second kappa shape index (κ2) is 3.24. The van der Waals surface area contributed by atoms with Gasteiger partial charge in [0.1, 0.15) is 0 Å². The minimum Gasteiger partial charge on any atom is -0.299 e. The monoisotopic (exact) mass is 178 g/mol. The summed E-state index contributed by atoms with van der Waals surface area (Å²) in [4.78, 5) is 11.6. The molecule has 0 radical (unpaired) electrons. The number of imidazole rings is 1. The smallest absolute Gasteiger partial charge is 0.299 e. The van der Waals surface area contributed by atoms with Crippen LogP contribution in [0, 0.1) is 0 Å². The van der Waals surface area contributed by atoms with E-state index in [1.54, 1.807) is 4.57 Å². The first-order valence-corrected chi connectivity index (χ1v) is 4.71. The van der Waals surface area contributed by atoms with E-state index in [1.165, 1.54) is 0 Å². The molecule has 0 aromatic carbocycles. The molecule has 1 aromatic heterocycles. The molecular formula is C10H14N2O. The Morgan fingerprint density at radius 2 is 2.31 bits per heavy atom. The first-order valence-electron chi connectivity index (χ1n) is 4.71. The summed E-state index contributed by atoms with van der Waals surface area (Å²) < 4.78 is 3.59. The van der Waals surface area contributed by atoms with Gasteiger partial charge in [0.2, 0.25) is 0 Å². The van der Waals surface area contributed by atoms with Crippen LogP contribution in [0.25, 0.3) is 0 Å². The second-order valence-corrected chi connectivity index (χ2v) is 3.49. The molecule has 1 aromatic rings. The van der Waals surface area contributed by atoms with Gasteiger partial charge in [-0.1, -0.05) is 6.08 Å². The van der Waals surface area contributed by atoms with Gasteiger partial charge in [0.25, 0.3) is 0 Å². The third-order valence-corrected chi connectivity index (χ3v) is 2.39. The summed E-state index contributed by atoms with van der Waals surface area (Å²) in [6.45, 7) is 4.39. The van der Waals surface area contributed by atoms with Crippen molar-refractivity contribution in [2.75, 3.05) is 0 Å². The van der Waals surface area contributed by atoms with Crippen LogP contribution in [-0.4, -0.2) is 9.13 Å². The van der Waals surface area contributed by atoms with Crippen LogP contribution in [0.1, 0.15) is 25.3 Å². The first kappa shape index (κ1) is 8.35. The molecule has 0 aliphatic heterocycles. The minimum atomic E-state index is 0.129. The van der Waals surface area contributed by atoms with Gasteiger partial charge < -0.3 is 0 Å². The quantitative estimate of drug-likeness (QED) is 0.643. The Bertz CT molecular complexity index is 357. The van der Waals surface area contributed by atoms with Gasteiger partial charge in [-0.3, -0.25) is 9.13 Å². The number of aryl methyl sites for hydroxylation is 1. The maximum atomic E-state index is 11.6. The van der Waals surface area contributed by atoms with E-state index < -0.39 is 0 Å². The lowest BCUT2D eigenvalue weighted by molar-refractivity contribution is 0.625. The van der Waals surface area contributed by atoms with E-state index in [2.05, 4.69) is 6.58 Å². The first-order chi connectivity index (χ1) is 6.33. The minimum absolute atomic E-state index is 0.129. The summed E-state index contributed by atoms with van der Waals surface area (Å²) in [5.41, 5.74) is 0.129. The molecule has 1 fully saturated rings. The van der Waals surface area contributed by atoms with Crippen LogP contribution in [0.15, 0.2) is 29.8 Å². The number of hydrogen-bond acceptors (Lipinski definition) is 1. The van der Waals surface area contributed by atoms with Gasteiger partial charge in [-0.2, -0.15) is 0 Å². The van der Waals surface area contributed by atoms with Crippen molar-refractivity contribution >= 4 is 0 Å². The molecule has 3 heteroatoms. The molecule has 0 N–H and O–H groups in total. The zero-order chi connectivity index (χ0) is 9.26. The molecule has 70 valence electrons. The Kier molecular flexibility index (Phi) is 2.08. The lowest BCUT2D eigenvalue weighted by atomic mass is 10.4. The van der Waals surface area contributed by atoms with E-state index in [4.69, 9.17) is 0 Å². The van der Waals surface area contributed by atoms with Gasteiger partial charge in [-0.05, 0) is 19.3 Å². The summed E-state index contributed by atoms with van der Waals surface area (Å²) in [6.07, 6.45) is 8.76. The average molecular weight is 178 g/mol. The van der Waals surface area contributed by atoms with E-state index in [-0.39, 0.29) is 5.69 Å². The molecule has 0 saturated heterocycles. The molecule has 1 heterocycles. The molecule has 3 nitrogen and oxygen atoms in total. The number of nitrogens with zero attached hydrogens (tertiary/aromatic N) is 2. The van der Waals surface area contributed by atoms with Gasteiger partial charge in [0.05, 0.1) is 0 Å². The normalized spacial score (nSPS) is 16.0. The van der Waals surface area contributed by atoms with Gasteiger partial charge in [-0.15, -0.1) is 6.58 Å². The third-order valence-electron chi connectivity index (χ3n) is 2.39. The van der Waals surface area contributed by atoms with Crippen molar-refractivity contribution in [3.63, 3.8) is 0 Å². The fraction of sp³-hybridized carbons (Fsp3) is 0.500. The summed E-state index contributed by atoms with van der Waals surface area (Å²) >= 11 is 0. The van der Waals surface area contributed by atoms with Crippen molar-refractivity contribution in [3.05, 3.63) is 35.5 Å². The molecule has 0 bridgehead atoms. The van der Waals surface area contributed by atoms with Crippen molar-refractivity contribution in [3.8, 4) is 0 Å². The van der Waals surface area contributed by atoms with Crippen molar-refractivity contribution in [2.45, 2.75) is 31.8 Å². The fourth-order valence-corrected chi connectivity index (χ4v) is 1.46. The second-order valence-electron chi connectivity index (χ2n) is 3.49. The maximum absolute atomic E-state index is 11.6. The molecule has 1 aliphatic carbocycles. The fourth-order valence-electron chi connectivity index (χ4n) is 1.46. The zero-order valence-corrected chi connectivity index (χ0v) is 7.65. The maximum Gasteiger partial charge on any atom is 0.328 e. The Morgan fingerprint density at radius 1 is 1.54 bits per heavy atom. The van der Waals surface area contributed by atoms with Crippen LogP contribution in [0.3, 0.4) is 0 Å². The van der Waals surface area contributed by atoms with E-state index in [9.17, 15) is 4.79 Å². The average Bonchev–Trinajstić information content (AvgIpc) is 2.89. The lowest BCUT2D eigenvalue weighted by Gasteiger charge is -1.97. The third kappa shape index (κ3) is 1.59. The number of hydrogen-bond donors (Lipinski definition) is 0. The molecule has 1 aliphatic rings. The number of rotatable bonds is 4. The predicted octanol–water partition coefficient (Wildman–Crippen LogP) is 1.56. The molecule has 0 spiro atoms. The molecule has 1 saturated carbocycles. The largest absolute Gasteiger partial charge is 0.328 e. The van der Waals surface area contributed by atoms with Gasteiger partial charge in [-0.25, -0.2) is 4.79 Å². The molecule has 0 atom stereocenters. The van der Waals surface area contributed by atoms with Crippen molar-refractivity contribution in [2.24, 2.45) is 0 Å². The topological polar surface area (TPSA) is 26.9 Å². The van der Waals surface area contributed by atoms with Gasteiger partial charge >= 0.3 is 5.69 Å². The van der Waals surface area contributed by atoms with Gasteiger partial charge in [0.15, 0.2) is 0 Å². The predicted molar refractivity (Wildman–Crippen MR) is 51.8 cm³/mol. The lowest BCUT2D eigenvalue weighted by Crippen LogP contribution is -2.23. The molecule has 0 unspecified atom stereocenters. The van der Waals surface area contributed by atoms with Crippen LogP contribution >= 0.6 is 0 Å². The van der Waals surface area contributed by atoms with Crippen molar-refractivity contribution < 1.29 is 0 Å². The standard InChI is InChI=1S/C10H14N2O/c1-2-3-6-11-7-8-12(10(11)13)9-4-5-9/h2,7-9H,1,3-6H2. The highest BCUT2D eigenvalue weighted by molar-refractivity contribution is 4.91. The van der Waals surface area contributed by atoms with Crippen LogP contribution in [0.4, 0.5) is 0 Å². The number of aromatic nitrogens is 2. The Labute approximate surface area is 77.3 Å². The molecule has 2 rings (SSSR count). The van der Waals surface area contributed by atoms with Crippen LogP contribution in [-0.2, 0) is 6.54 Å². The van der Waals surface area contributed by atoms with Crippen molar-refractivity contribution in [1.29, 1.82) is 0 Å². The highest BCUT2D eigenvalue weighted by Gasteiger charge is 2.25. The Hall–Kier alpha value is -1.25. The van der Waals surface area contributed by atoms with Crippen LogP contribution in [0.2, 0.25) is 0 Å².